The van der Waals surface area contributed by atoms with Gasteiger partial charge in [-0.25, -0.2) is 0 Å². The van der Waals surface area contributed by atoms with E-state index < -0.39 is 0 Å². The normalized spacial score (nSPS) is 37.2. The standard InChI is InChI=1S/C19H24O2/c1-12-4-7-17-16-11-21-18-10-13(20-3)5-6-15(18)14(16)8-9-19(12,17)2/h5-6,10,14,16-17H,1,4,7-9,11H2,2-3H3/t14-,16+,17+,19-/m1/s1. The summed E-state index contributed by atoms with van der Waals surface area (Å²) in [5.74, 6) is 3.99. The number of hydrogen-bond acceptors (Lipinski definition) is 2. The average Bonchev–Trinajstić information content (AvgIpc) is 2.82. The number of fused-ring (bicyclic) bond motifs is 5. The van der Waals surface area contributed by atoms with E-state index >= 15 is 0 Å². The molecule has 0 spiro atoms. The lowest BCUT2D eigenvalue weighted by Gasteiger charge is -2.49. The van der Waals surface area contributed by atoms with Crippen LogP contribution < -0.4 is 9.47 Å². The highest BCUT2D eigenvalue weighted by molar-refractivity contribution is 5.45. The van der Waals surface area contributed by atoms with Crippen LogP contribution in [0.1, 0.15) is 44.1 Å². The summed E-state index contributed by atoms with van der Waals surface area (Å²) in [6, 6.07) is 6.34. The number of ether oxygens (including phenoxy) is 2. The van der Waals surface area contributed by atoms with Gasteiger partial charge in [0.25, 0.3) is 0 Å². The van der Waals surface area contributed by atoms with Gasteiger partial charge in [-0.05, 0) is 54.6 Å². The van der Waals surface area contributed by atoms with E-state index in [1.807, 2.05) is 6.07 Å². The van der Waals surface area contributed by atoms with E-state index in [0.717, 1.165) is 24.0 Å². The number of benzene rings is 1. The minimum Gasteiger partial charge on any atom is -0.497 e. The maximum absolute atomic E-state index is 6.11. The lowest BCUT2D eigenvalue weighted by Crippen LogP contribution is -2.42. The van der Waals surface area contributed by atoms with E-state index in [-0.39, 0.29) is 0 Å². The van der Waals surface area contributed by atoms with Crippen LogP contribution in [0.25, 0.3) is 0 Å². The Hall–Kier alpha value is -1.44. The van der Waals surface area contributed by atoms with Crippen LogP contribution in [0.2, 0.25) is 0 Å². The predicted octanol–water partition coefficient (Wildman–Crippen LogP) is 4.55. The first kappa shape index (κ1) is 13.2. The predicted molar refractivity (Wildman–Crippen MR) is 83.9 cm³/mol. The summed E-state index contributed by atoms with van der Waals surface area (Å²) in [5.41, 5.74) is 3.23. The highest BCUT2D eigenvalue weighted by atomic mass is 16.5. The summed E-state index contributed by atoms with van der Waals surface area (Å²) in [4.78, 5) is 0. The SMILES string of the molecule is C=C1CC[C@H]2[C@H]3COc4cc(OC)ccc4[C@H]3CC[C@]12C. The Morgan fingerprint density at radius 2 is 2.19 bits per heavy atom. The van der Waals surface area contributed by atoms with E-state index in [9.17, 15) is 0 Å². The lowest BCUT2D eigenvalue weighted by atomic mass is 9.58. The van der Waals surface area contributed by atoms with Crippen molar-refractivity contribution in [1.82, 2.24) is 0 Å². The summed E-state index contributed by atoms with van der Waals surface area (Å²) in [6.45, 7) is 7.65. The third-order valence-electron chi connectivity index (χ3n) is 6.44. The first-order valence-corrected chi connectivity index (χ1v) is 8.12. The molecule has 0 aromatic heterocycles. The summed E-state index contributed by atoms with van der Waals surface area (Å²) >= 11 is 0. The largest absolute Gasteiger partial charge is 0.497 e. The maximum atomic E-state index is 6.11. The van der Waals surface area contributed by atoms with Crippen LogP contribution in [0.4, 0.5) is 0 Å². The molecule has 2 heteroatoms. The second-order valence-corrected chi connectivity index (χ2v) is 7.19. The van der Waals surface area contributed by atoms with Crippen molar-refractivity contribution in [1.29, 1.82) is 0 Å². The molecule has 0 bridgehead atoms. The molecule has 4 rings (SSSR count). The highest BCUT2D eigenvalue weighted by Gasteiger charge is 2.52. The maximum Gasteiger partial charge on any atom is 0.126 e. The zero-order chi connectivity index (χ0) is 14.6. The molecule has 21 heavy (non-hydrogen) atoms. The van der Waals surface area contributed by atoms with E-state index in [0.29, 0.717) is 17.3 Å². The minimum atomic E-state index is 0.356. The zero-order valence-corrected chi connectivity index (χ0v) is 13.0. The summed E-state index contributed by atoms with van der Waals surface area (Å²) in [6.07, 6.45) is 5.05. The lowest BCUT2D eigenvalue weighted by molar-refractivity contribution is 0.0412. The van der Waals surface area contributed by atoms with Gasteiger partial charge in [0.15, 0.2) is 0 Å². The molecule has 0 saturated heterocycles. The number of allylic oxidation sites excluding steroid dienone is 1. The first-order valence-electron chi connectivity index (χ1n) is 8.12. The molecular formula is C19H24O2. The monoisotopic (exact) mass is 284 g/mol. The van der Waals surface area contributed by atoms with Crippen LogP contribution in [0, 0.1) is 17.3 Å². The molecule has 2 saturated carbocycles. The molecule has 4 atom stereocenters. The van der Waals surface area contributed by atoms with Crippen LogP contribution in [0.15, 0.2) is 30.4 Å². The van der Waals surface area contributed by atoms with Crippen molar-refractivity contribution in [3.8, 4) is 11.5 Å². The Labute approximate surface area is 127 Å². The quantitative estimate of drug-likeness (QED) is 0.704. The Morgan fingerprint density at radius 1 is 1.33 bits per heavy atom. The molecule has 0 unspecified atom stereocenters. The van der Waals surface area contributed by atoms with Crippen LogP contribution in [0.3, 0.4) is 0 Å². The fourth-order valence-corrected chi connectivity index (χ4v) is 5.07. The van der Waals surface area contributed by atoms with E-state index in [4.69, 9.17) is 9.47 Å². The third kappa shape index (κ3) is 1.77. The van der Waals surface area contributed by atoms with Gasteiger partial charge in [-0.15, -0.1) is 0 Å². The van der Waals surface area contributed by atoms with Crippen LogP contribution >= 0.6 is 0 Å². The highest BCUT2D eigenvalue weighted by Crippen LogP contribution is 2.61. The Kier molecular flexibility index (Phi) is 2.85. The average molecular weight is 284 g/mol. The van der Waals surface area contributed by atoms with Gasteiger partial charge in [-0.3, -0.25) is 0 Å². The molecule has 112 valence electrons. The Balaban J connectivity index is 1.70. The number of hydrogen-bond donors (Lipinski definition) is 0. The molecule has 1 aromatic rings. The molecule has 1 aliphatic heterocycles. The Morgan fingerprint density at radius 3 is 3.00 bits per heavy atom. The molecule has 0 radical (unpaired) electrons. The number of rotatable bonds is 1. The molecule has 2 fully saturated rings. The van der Waals surface area contributed by atoms with E-state index in [1.165, 1.54) is 36.8 Å². The smallest absolute Gasteiger partial charge is 0.126 e. The van der Waals surface area contributed by atoms with Crippen molar-refractivity contribution in [2.24, 2.45) is 17.3 Å². The fourth-order valence-electron chi connectivity index (χ4n) is 5.07. The second kappa shape index (κ2) is 4.53. The van der Waals surface area contributed by atoms with Crippen molar-refractivity contribution in [3.63, 3.8) is 0 Å². The summed E-state index contributed by atoms with van der Waals surface area (Å²) in [7, 11) is 1.71. The molecule has 0 N–H and O–H groups in total. The van der Waals surface area contributed by atoms with E-state index in [1.54, 1.807) is 7.11 Å². The van der Waals surface area contributed by atoms with Crippen LogP contribution in [0.5, 0.6) is 11.5 Å². The van der Waals surface area contributed by atoms with Crippen molar-refractivity contribution in [3.05, 3.63) is 35.9 Å². The van der Waals surface area contributed by atoms with Crippen LogP contribution in [-0.4, -0.2) is 13.7 Å². The fraction of sp³-hybridized carbons (Fsp3) is 0.579. The molecule has 2 nitrogen and oxygen atoms in total. The zero-order valence-electron chi connectivity index (χ0n) is 13.0. The second-order valence-electron chi connectivity index (χ2n) is 7.19. The third-order valence-corrected chi connectivity index (χ3v) is 6.44. The van der Waals surface area contributed by atoms with Gasteiger partial charge >= 0.3 is 0 Å². The van der Waals surface area contributed by atoms with Gasteiger partial charge in [-0.2, -0.15) is 0 Å². The molecule has 1 heterocycles. The molecule has 3 aliphatic rings. The topological polar surface area (TPSA) is 18.5 Å². The molecular weight excluding hydrogens is 260 g/mol. The van der Waals surface area contributed by atoms with Gasteiger partial charge in [0.1, 0.15) is 11.5 Å². The Bertz CT molecular complexity index is 591. The van der Waals surface area contributed by atoms with Crippen molar-refractivity contribution < 1.29 is 9.47 Å². The molecule has 2 aliphatic carbocycles. The first-order chi connectivity index (χ1) is 10.1. The van der Waals surface area contributed by atoms with Gasteiger partial charge < -0.3 is 9.47 Å². The minimum absolute atomic E-state index is 0.356. The molecule has 1 aromatic carbocycles. The number of methoxy groups -OCH3 is 1. The van der Waals surface area contributed by atoms with Gasteiger partial charge in [0, 0.05) is 12.0 Å². The van der Waals surface area contributed by atoms with Crippen molar-refractivity contribution >= 4 is 0 Å². The van der Waals surface area contributed by atoms with Crippen LogP contribution in [-0.2, 0) is 0 Å². The van der Waals surface area contributed by atoms with Crippen molar-refractivity contribution in [2.75, 3.05) is 13.7 Å². The van der Waals surface area contributed by atoms with E-state index in [2.05, 4.69) is 25.6 Å². The summed E-state index contributed by atoms with van der Waals surface area (Å²) < 4.78 is 11.4. The van der Waals surface area contributed by atoms with Gasteiger partial charge in [-0.1, -0.05) is 25.1 Å². The van der Waals surface area contributed by atoms with Gasteiger partial charge in [0.2, 0.25) is 0 Å². The van der Waals surface area contributed by atoms with Gasteiger partial charge in [0.05, 0.1) is 13.7 Å². The molecule has 0 amide bonds. The van der Waals surface area contributed by atoms with Crippen molar-refractivity contribution in [2.45, 2.75) is 38.5 Å². The summed E-state index contributed by atoms with van der Waals surface area (Å²) in [5, 5.41) is 0.